The second-order valence-corrected chi connectivity index (χ2v) is 11.3. The molecule has 1 amide bonds. The highest BCUT2D eigenvalue weighted by Gasteiger charge is 2.57. The largest absolute Gasteiger partial charge is 0.465 e. The van der Waals surface area contributed by atoms with Crippen LogP contribution in [0.4, 0.5) is 8.78 Å². The lowest BCUT2D eigenvalue weighted by molar-refractivity contribution is -0.260. The van der Waals surface area contributed by atoms with Crippen LogP contribution in [0, 0.1) is 17.8 Å². The van der Waals surface area contributed by atoms with Crippen LogP contribution in [0.15, 0.2) is 35.5 Å². The number of halogens is 2. The number of hydrogen-bond acceptors (Lipinski definition) is 6. The maximum atomic E-state index is 13.5. The van der Waals surface area contributed by atoms with E-state index < -0.39 is 18.2 Å². The fourth-order valence-electron chi connectivity index (χ4n) is 6.62. The van der Waals surface area contributed by atoms with Gasteiger partial charge in [0.25, 0.3) is 5.91 Å². The number of esters is 1. The van der Waals surface area contributed by atoms with E-state index in [4.69, 9.17) is 9.47 Å². The summed E-state index contributed by atoms with van der Waals surface area (Å²) in [4.78, 5) is 25.3. The first-order valence-electron chi connectivity index (χ1n) is 12.5. The number of benzene rings is 1. The van der Waals surface area contributed by atoms with Crippen LogP contribution >= 0.6 is 11.8 Å². The van der Waals surface area contributed by atoms with Crippen molar-refractivity contribution >= 4 is 23.6 Å². The summed E-state index contributed by atoms with van der Waals surface area (Å²) in [5.41, 5.74) is 0.929. The summed E-state index contributed by atoms with van der Waals surface area (Å²) >= 11 is 1.56. The van der Waals surface area contributed by atoms with E-state index in [9.17, 15) is 18.4 Å². The smallest absolute Gasteiger partial charge is 0.345 e. The van der Waals surface area contributed by atoms with Crippen molar-refractivity contribution in [3.63, 3.8) is 0 Å². The van der Waals surface area contributed by atoms with Gasteiger partial charge in [-0.25, -0.2) is 9.48 Å². The van der Waals surface area contributed by atoms with Gasteiger partial charge < -0.3 is 14.8 Å². The summed E-state index contributed by atoms with van der Waals surface area (Å²) in [6, 6.07) is 6.84. The number of nitrogens with zero attached hydrogens (tertiary/aromatic N) is 2. The molecule has 2 unspecified atom stereocenters. The Bertz CT molecular complexity index is 1100. The van der Waals surface area contributed by atoms with Crippen LogP contribution < -0.4 is 5.32 Å². The molecule has 36 heavy (non-hydrogen) atoms. The van der Waals surface area contributed by atoms with Crippen LogP contribution in [0.2, 0.25) is 0 Å². The summed E-state index contributed by atoms with van der Waals surface area (Å²) in [7, 11) is 1.34. The molecular formula is C26H31F2N3O4S. The zero-order chi connectivity index (χ0) is 25.4. The number of alkyl halides is 2. The number of amides is 1. The number of thioether (sulfide) groups is 1. The molecule has 2 aromatic rings. The van der Waals surface area contributed by atoms with Gasteiger partial charge in [0.1, 0.15) is 5.03 Å². The van der Waals surface area contributed by atoms with Gasteiger partial charge in [-0.3, -0.25) is 4.79 Å². The Morgan fingerprint density at radius 2 is 1.89 bits per heavy atom. The highest BCUT2D eigenvalue weighted by molar-refractivity contribution is 7.99. The molecule has 1 aromatic heterocycles. The van der Waals surface area contributed by atoms with E-state index in [0.29, 0.717) is 36.3 Å². The molecule has 0 radical (unpaired) electrons. The lowest BCUT2D eigenvalue weighted by atomic mass is 9.52. The molecule has 7 nitrogen and oxygen atoms in total. The topological polar surface area (TPSA) is 82.5 Å². The van der Waals surface area contributed by atoms with E-state index >= 15 is 0 Å². The molecule has 6 rings (SSSR count). The van der Waals surface area contributed by atoms with Gasteiger partial charge in [0, 0.05) is 6.04 Å². The predicted molar refractivity (Wildman–Crippen MR) is 131 cm³/mol. The molecule has 4 bridgehead atoms. The van der Waals surface area contributed by atoms with Gasteiger partial charge in [0.15, 0.2) is 0 Å². The van der Waals surface area contributed by atoms with E-state index in [2.05, 4.69) is 17.3 Å². The number of carbonyl (C=O) groups excluding carboxylic acids is 2. The average Bonchev–Trinajstić information content (AvgIpc) is 3.27. The second kappa shape index (κ2) is 10.1. The van der Waals surface area contributed by atoms with Crippen molar-refractivity contribution in [3.8, 4) is 5.69 Å². The lowest BCUT2D eigenvalue weighted by Crippen LogP contribution is -2.62. The Hall–Kier alpha value is -2.46. The second-order valence-electron chi connectivity index (χ2n) is 10.2. The zero-order valence-corrected chi connectivity index (χ0v) is 21.2. The van der Waals surface area contributed by atoms with Gasteiger partial charge in [0.2, 0.25) is 0 Å². The molecule has 1 heterocycles. The quantitative estimate of drug-likeness (QED) is 0.368. The van der Waals surface area contributed by atoms with Gasteiger partial charge in [-0.15, -0.1) is 11.8 Å². The predicted octanol–water partition coefficient (Wildman–Crippen LogP) is 5.08. The molecule has 0 spiro atoms. The third kappa shape index (κ3) is 4.77. The molecule has 2 atom stereocenters. The molecule has 4 aliphatic carbocycles. The first-order chi connectivity index (χ1) is 17.3. The Morgan fingerprint density at radius 1 is 1.19 bits per heavy atom. The highest BCUT2D eigenvalue weighted by atomic mass is 32.2. The Morgan fingerprint density at radius 3 is 2.50 bits per heavy atom. The third-order valence-electron chi connectivity index (χ3n) is 7.80. The minimum Gasteiger partial charge on any atom is -0.465 e. The lowest BCUT2D eigenvalue weighted by Gasteiger charge is -2.59. The van der Waals surface area contributed by atoms with Crippen LogP contribution in [0.5, 0.6) is 0 Å². The Balaban J connectivity index is 1.36. The van der Waals surface area contributed by atoms with Crippen LogP contribution in [0.25, 0.3) is 5.69 Å². The molecule has 194 valence electrons. The maximum Gasteiger partial charge on any atom is 0.345 e. The van der Waals surface area contributed by atoms with Crippen molar-refractivity contribution in [3.05, 3.63) is 41.6 Å². The van der Waals surface area contributed by atoms with Crippen molar-refractivity contribution in [1.82, 2.24) is 15.1 Å². The van der Waals surface area contributed by atoms with E-state index in [1.165, 1.54) is 7.11 Å². The summed E-state index contributed by atoms with van der Waals surface area (Å²) < 4.78 is 37.9. The number of nitrogens with one attached hydrogen (secondary N) is 1. The first-order valence-corrected chi connectivity index (χ1v) is 13.5. The highest BCUT2D eigenvalue weighted by Crippen LogP contribution is 2.57. The summed E-state index contributed by atoms with van der Waals surface area (Å²) in [5, 5.41) is 8.49. The van der Waals surface area contributed by atoms with Gasteiger partial charge in [0.05, 0.1) is 35.7 Å². The number of ether oxygens (including phenoxy) is 2. The van der Waals surface area contributed by atoms with Crippen LogP contribution in [-0.4, -0.2) is 52.8 Å². The fraction of sp³-hybridized carbons (Fsp3) is 0.577. The van der Waals surface area contributed by atoms with Crippen molar-refractivity contribution in [2.45, 2.75) is 68.7 Å². The first kappa shape index (κ1) is 25.2. The van der Waals surface area contributed by atoms with Crippen LogP contribution in [-0.2, 0) is 9.47 Å². The number of carbonyl (C=O) groups is 2. The minimum atomic E-state index is -2.76. The zero-order valence-electron chi connectivity index (χ0n) is 20.4. The molecule has 4 fully saturated rings. The van der Waals surface area contributed by atoms with Gasteiger partial charge in [-0.1, -0.05) is 6.92 Å². The minimum absolute atomic E-state index is 0.0461. The Labute approximate surface area is 213 Å². The monoisotopic (exact) mass is 519 g/mol. The fourth-order valence-corrected chi connectivity index (χ4v) is 7.59. The van der Waals surface area contributed by atoms with E-state index in [1.54, 1.807) is 46.9 Å². The molecule has 10 heteroatoms. The van der Waals surface area contributed by atoms with E-state index in [0.717, 1.165) is 35.7 Å². The summed E-state index contributed by atoms with van der Waals surface area (Å²) in [6.07, 6.45) is 6.23. The van der Waals surface area contributed by atoms with E-state index in [-0.39, 0.29) is 23.8 Å². The molecule has 1 N–H and O–H groups in total. The molecule has 0 aliphatic heterocycles. The SMILES string of the molecule is CCCSc1c(C(=O)N[C@H]2C3CC4CC2C[C@@](OC(F)F)(C4)C3)cnn1-c1ccc(C(=O)OC)cc1. The number of rotatable bonds is 9. The van der Waals surface area contributed by atoms with Gasteiger partial charge in [-0.2, -0.15) is 13.9 Å². The summed E-state index contributed by atoms with van der Waals surface area (Å²) in [6.45, 7) is -0.690. The van der Waals surface area contributed by atoms with E-state index in [1.807, 2.05) is 0 Å². The molecular weight excluding hydrogens is 488 g/mol. The van der Waals surface area contributed by atoms with Crippen molar-refractivity contribution in [2.75, 3.05) is 12.9 Å². The number of methoxy groups -OCH3 is 1. The molecule has 4 aliphatic rings. The van der Waals surface area contributed by atoms with Crippen molar-refractivity contribution < 1.29 is 27.8 Å². The molecule has 1 aromatic carbocycles. The van der Waals surface area contributed by atoms with Gasteiger partial charge >= 0.3 is 12.6 Å². The maximum absolute atomic E-state index is 13.5. The van der Waals surface area contributed by atoms with Crippen LogP contribution in [0.3, 0.4) is 0 Å². The summed E-state index contributed by atoms with van der Waals surface area (Å²) in [5.74, 6) is 0.890. The average molecular weight is 520 g/mol. The Kier molecular flexibility index (Phi) is 7.09. The standard InChI is InChI=1S/C26H31F2N3O4S/c1-3-8-36-23-20(14-29-31(23)19-6-4-16(5-7-19)24(33)34-2)22(32)30-21-17-9-15-10-18(21)13-26(11-15,12-17)35-25(27)28/h4-7,14-15,17-18,21,25H,3,8-13H2,1-2H3,(H,30,32)/t15?,17?,18?,21-,26+. The van der Waals surface area contributed by atoms with Crippen LogP contribution in [0.1, 0.15) is 66.2 Å². The molecule has 0 saturated heterocycles. The van der Waals surface area contributed by atoms with Crippen molar-refractivity contribution in [1.29, 1.82) is 0 Å². The number of hydrogen-bond donors (Lipinski definition) is 1. The third-order valence-corrected chi connectivity index (χ3v) is 9.08. The van der Waals surface area contributed by atoms with Gasteiger partial charge in [-0.05, 0) is 86.3 Å². The molecule has 4 saturated carbocycles. The van der Waals surface area contributed by atoms with Crippen molar-refractivity contribution in [2.24, 2.45) is 17.8 Å². The normalized spacial score (nSPS) is 28.5. The number of aromatic nitrogens is 2.